The van der Waals surface area contributed by atoms with Gasteiger partial charge in [-0.25, -0.2) is 0 Å². The van der Waals surface area contributed by atoms with Crippen LogP contribution in [-0.4, -0.2) is 193 Å². The van der Waals surface area contributed by atoms with E-state index in [4.69, 9.17) is 28.4 Å². The van der Waals surface area contributed by atoms with Crippen LogP contribution in [0.4, 0.5) is 0 Å². The number of ether oxygens (including phenoxy) is 6. The zero-order valence-corrected chi connectivity index (χ0v) is 56.3. The van der Waals surface area contributed by atoms with Crippen LogP contribution in [0, 0.1) is 0 Å². The molecular weight excluding hydrogens is 1180 g/mol. The topological polar surface area (TPSA) is 307 Å². The normalized spacial score (nSPS) is 28.2. The van der Waals surface area contributed by atoms with Crippen LogP contribution in [0.1, 0.15) is 239 Å². The molecular formula is C73H127NO18. The number of carbonyl (C=O) groups excluding carboxylic acids is 1. The van der Waals surface area contributed by atoms with Gasteiger partial charge in [0.1, 0.15) is 73.2 Å². The third-order valence-electron chi connectivity index (χ3n) is 17.4. The Labute approximate surface area is 552 Å². The molecule has 0 aliphatic carbocycles. The van der Waals surface area contributed by atoms with E-state index in [0.717, 1.165) is 103 Å². The molecule has 92 heavy (non-hydrogen) atoms. The van der Waals surface area contributed by atoms with E-state index in [1.165, 1.54) is 109 Å². The molecule has 3 rings (SSSR count). The van der Waals surface area contributed by atoms with Crippen molar-refractivity contribution >= 4 is 5.91 Å². The Morgan fingerprint density at radius 2 is 0.750 bits per heavy atom. The van der Waals surface area contributed by atoms with Crippen molar-refractivity contribution < 1.29 is 89.4 Å². The summed E-state index contributed by atoms with van der Waals surface area (Å²) in [6, 6.07) is -0.984. The van der Waals surface area contributed by atoms with Crippen molar-refractivity contribution in [3.63, 3.8) is 0 Å². The number of unbranched alkanes of at least 4 members (excludes halogenated alkanes) is 26. The zero-order valence-electron chi connectivity index (χ0n) is 56.3. The fraction of sp³-hybridized carbons (Fsp3) is 0.795. The maximum atomic E-state index is 13.4. The molecule has 0 aromatic rings. The van der Waals surface area contributed by atoms with E-state index in [1.54, 1.807) is 6.08 Å². The number of hydrogen-bond acceptors (Lipinski definition) is 18. The van der Waals surface area contributed by atoms with Gasteiger partial charge in [-0.1, -0.05) is 247 Å². The minimum absolute atomic E-state index is 0.229. The summed E-state index contributed by atoms with van der Waals surface area (Å²) in [6.07, 6.45) is 42.6. The maximum Gasteiger partial charge on any atom is 0.220 e. The number of nitrogens with one attached hydrogen (secondary N) is 1. The molecule has 0 saturated carbocycles. The van der Waals surface area contributed by atoms with E-state index >= 15 is 0 Å². The van der Waals surface area contributed by atoms with Crippen molar-refractivity contribution in [3.8, 4) is 0 Å². The molecule has 19 nitrogen and oxygen atoms in total. The number of aliphatic hydroxyl groups is 11. The largest absolute Gasteiger partial charge is 0.394 e. The second-order valence-electron chi connectivity index (χ2n) is 25.3. The lowest BCUT2D eigenvalue weighted by Gasteiger charge is -2.48. The van der Waals surface area contributed by atoms with Gasteiger partial charge in [0.15, 0.2) is 18.9 Å². The average Bonchev–Trinajstić information content (AvgIpc) is 0.854. The summed E-state index contributed by atoms with van der Waals surface area (Å²) in [6.45, 7) is 1.62. The van der Waals surface area contributed by atoms with Gasteiger partial charge >= 0.3 is 0 Å². The molecule has 12 N–H and O–H groups in total. The highest BCUT2D eigenvalue weighted by atomic mass is 16.8. The fourth-order valence-corrected chi connectivity index (χ4v) is 11.7. The fourth-order valence-electron chi connectivity index (χ4n) is 11.7. The Balaban J connectivity index is 1.43. The molecule has 3 heterocycles. The van der Waals surface area contributed by atoms with E-state index in [9.17, 15) is 61.0 Å². The molecule has 0 aromatic carbocycles. The first-order valence-electron chi connectivity index (χ1n) is 35.8. The monoisotopic (exact) mass is 1310 g/mol. The van der Waals surface area contributed by atoms with Gasteiger partial charge in [-0.15, -0.1) is 0 Å². The van der Waals surface area contributed by atoms with Crippen LogP contribution in [0.25, 0.3) is 0 Å². The van der Waals surface area contributed by atoms with Crippen molar-refractivity contribution in [1.29, 1.82) is 0 Å². The Kier molecular flexibility index (Phi) is 48.9. The van der Waals surface area contributed by atoms with Gasteiger partial charge in [0.2, 0.25) is 5.91 Å². The Hall–Kier alpha value is -3.03. The Morgan fingerprint density at radius 1 is 0.402 bits per heavy atom. The van der Waals surface area contributed by atoms with Crippen LogP contribution in [0.15, 0.2) is 85.1 Å². The summed E-state index contributed by atoms with van der Waals surface area (Å²) >= 11 is 0. The van der Waals surface area contributed by atoms with E-state index in [1.807, 2.05) is 6.08 Å². The molecule has 0 aromatic heterocycles. The first-order chi connectivity index (χ1) is 44.8. The van der Waals surface area contributed by atoms with Gasteiger partial charge in [-0.2, -0.15) is 0 Å². The highest BCUT2D eigenvalue weighted by Gasteiger charge is 2.53. The molecule has 3 saturated heterocycles. The standard InChI is InChI=1S/C73H127NO18/c1-3-5-7-9-11-13-15-17-19-21-23-25-26-27-28-29-30-31-33-35-37-39-41-43-45-47-49-51-61(79)74-56(57(78)50-48-46-44-42-40-38-36-34-32-24-22-20-18-16-14-12-10-8-6-4-2)55-87-71-67(85)64(82)69(59(53-76)89-71)92-73-68(86)65(83)70(60(54-77)90-73)91-72-66(84)63(81)62(80)58(52-75)88-72/h5,7,11,13,17,19,23,25,27-28,30-31,48,50,56-60,62-73,75-78,80-86H,3-4,6,8-10,12,14-16,18,20-22,24,26,29,32-47,49,51-55H2,1-2H3,(H,74,79)/b7-5-,13-11-,19-17-,25-23-,28-27-,31-30-,50-48+. The summed E-state index contributed by atoms with van der Waals surface area (Å²) in [4.78, 5) is 13.4. The molecule has 1 amide bonds. The predicted octanol–water partition coefficient (Wildman–Crippen LogP) is 9.88. The van der Waals surface area contributed by atoms with E-state index in [2.05, 4.69) is 92.1 Å². The summed E-state index contributed by atoms with van der Waals surface area (Å²) in [5.41, 5.74) is 0. The SMILES string of the molecule is CC/C=C\C/C=C\C/C=C\C/C=C\C/C=C\C/C=C\CCCCCCCCCCC(=O)NC(COC1OC(CO)C(OC2OC(CO)C(OC3OC(CO)C(O)C(O)C3O)C(O)C2O)C(O)C1O)C(O)/C=C/CCCCCCCCCCCCCCCCCCCC. The van der Waals surface area contributed by atoms with Crippen LogP contribution < -0.4 is 5.32 Å². The minimum Gasteiger partial charge on any atom is -0.394 e. The second-order valence-corrected chi connectivity index (χ2v) is 25.3. The van der Waals surface area contributed by atoms with Gasteiger partial charge in [0.25, 0.3) is 0 Å². The highest BCUT2D eigenvalue weighted by Crippen LogP contribution is 2.33. The first kappa shape index (κ1) is 83.2. The van der Waals surface area contributed by atoms with Gasteiger partial charge in [-0.05, 0) is 70.6 Å². The molecule has 0 bridgehead atoms. The van der Waals surface area contributed by atoms with Crippen molar-refractivity contribution in [2.75, 3.05) is 26.4 Å². The summed E-state index contributed by atoms with van der Waals surface area (Å²) in [7, 11) is 0. The van der Waals surface area contributed by atoms with Gasteiger partial charge in [0.05, 0.1) is 38.6 Å². The zero-order chi connectivity index (χ0) is 66.8. The summed E-state index contributed by atoms with van der Waals surface area (Å²) < 4.78 is 34.4. The number of aliphatic hydroxyl groups excluding tert-OH is 11. The predicted molar refractivity (Wildman–Crippen MR) is 360 cm³/mol. The van der Waals surface area contributed by atoms with Crippen LogP contribution in [0.5, 0.6) is 0 Å². The summed E-state index contributed by atoms with van der Waals surface area (Å²) in [5.74, 6) is -0.286. The maximum absolute atomic E-state index is 13.4. The van der Waals surface area contributed by atoms with Crippen molar-refractivity contribution in [2.45, 2.75) is 343 Å². The number of amides is 1. The highest BCUT2D eigenvalue weighted by molar-refractivity contribution is 5.76. The van der Waals surface area contributed by atoms with Crippen molar-refractivity contribution in [2.24, 2.45) is 0 Å². The second kappa shape index (κ2) is 54.0. The third-order valence-corrected chi connectivity index (χ3v) is 17.4. The van der Waals surface area contributed by atoms with Gasteiger partial charge < -0.3 is 89.9 Å². The third kappa shape index (κ3) is 35.3. The van der Waals surface area contributed by atoms with E-state index < -0.39 is 124 Å². The average molecular weight is 1310 g/mol. The van der Waals surface area contributed by atoms with Crippen LogP contribution >= 0.6 is 0 Å². The lowest BCUT2D eigenvalue weighted by atomic mass is 9.96. The number of hydrogen-bond donors (Lipinski definition) is 12. The number of carbonyl (C=O) groups is 1. The molecule has 17 unspecified atom stereocenters. The molecule has 0 spiro atoms. The quantitative estimate of drug-likeness (QED) is 0.0199. The molecule has 532 valence electrons. The first-order valence-corrected chi connectivity index (χ1v) is 35.8. The number of rotatable bonds is 54. The van der Waals surface area contributed by atoms with Gasteiger partial charge in [0, 0.05) is 6.42 Å². The smallest absolute Gasteiger partial charge is 0.220 e. The summed E-state index contributed by atoms with van der Waals surface area (Å²) in [5, 5.41) is 121. The number of allylic oxidation sites excluding steroid dienone is 13. The lowest BCUT2D eigenvalue weighted by Crippen LogP contribution is -2.66. The molecule has 0 radical (unpaired) electrons. The Morgan fingerprint density at radius 3 is 1.17 bits per heavy atom. The van der Waals surface area contributed by atoms with Crippen LogP contribution in [0.3, 0.4) is 0 Å². The lowest BCUT2D eigenvalue weighted by molar-refractivity contribution is -0.379. The van der Waals surface area contributed by atoms with Gasteiger partial charge in [-0.3, -0.25) is 4.79 Å². The molecule has 3 aliphatic heterocycles. The van der Waals surface area contributed by atoms with E-state index in [0.29, 0.717) is 6.42 Å². The van der Waals surface area contributed by atoms with E-state index in [-0.39, 0.29) is 18.9 Å². The molecule has 3 fully saturated rings. The van der Waals surface area contributed by atoms with Crippen molar-refractivity contribution in [3.05, 3.63) is 85.1 Å². The van der Waals surface area contributed by atoms with Crippen molar-refractivity contribution in [1.82, 2.24) is 5.32 Å². The Bertz CT molecular complexity index is 2000. The van der Waals surface area contributed by atoms with Crippen LogP contribution in [0.2, 0.25) is 0 Å². The minimum atomic E-state index is -1.98. The van der Waals surface area contributed by atoms with Crippen LogP contribution in [-0.2, 0) is 33.2 Å². The molecule has 17 atom stereocenters. The molecule has 19 heteroatoms. The molecule has 3 aliphatic rings.